The fraction of sp³-hybridized carbons (Fsp3) is 0.895. The smallest absolute Gasteiger partial charge is 0.146 e. The van der Waals surface area contributed by atoms with Gasteiger partial charge >= 0.3 is 0 Å². The maximum absolute atomic E-state index is 12.9. The summed E-state index contributed by atoms with van der Waals surface area (Å²) in [6.07, 6.45) is 3.39. The first-order valence-electron chi connectivity index (χ1n) is 8.74. The fourth-order valence-corrected chi connectivity index (χ4v) is 4.06. The second-order valence-corrected chi connectivity index (χ2v) is 7.06. The lowest BCUT2D eigenvalue weighted by Crippen LogP contribution is -2.41. The zero-order valence-corrected chi connectivity index (χ0v) is 15.5. The monoisotopic (exact) mass is 296 g/mol. The van der Waals surface area contributed by atoms with Gasteiger partial charge in [0.25, 0.3) is 0 Å². The molecule has 0 bridgehead atoms. The summed E-state index contributed by atoms with van der Waals surface area (Å²) in [5.74, 6) is 0.868. The van der Waals surface area contributed by atoms with E-state index in [-0.39, 0.29) is 40.7 Å². The van der Waals surface area contributed by atoms with Crippen molar-refractivity contribution in [3.8, 4) is 0 Å². The maximum atomic E-state index is 12.9. The molecule has 0 aromatic carbocycles. The Bertz CT molecular complexity index is 311. The maximum Gasteiger partial charge on any atom is 0.146 e. The van der Waals surface area contributed by atoms with E-state index in [1.165, 1.54) is 0 Å². The number of hydrogen-bond acceptors (Lipinski definition) is 2. The van der Waals surface area contributed by atoms with Crippen molar-refractivity contribution in [1.29, 1.82) is 0 Å². The highest BCUT2D eigenvalue weighted by atomic mass is 16.2. The van der Waals surface area contributed by atoms with E-state index in [9.17, 15) is 9.59 Å². The fourth-order valence-electron chi connectivity index (χ4n) is 4.06. The summed E-state index contributed by atoms with van der Waals surface area (Å²) in [6.45, 7) is 16.7. The van der Waals surface area contributed by atoms with Gasteiger partial charge in [-0.05, 0) is 37.5 Å². The molecule has 124 valence electrons. The third-order valence-electron chi connectivity index (χ3n) is 6.17. The van der Waals surface area contributed by atoms with Gasteiger partial charge in [-0.3, -0.25) is 9.59 Å². The van der Waals surface area contributed by atoms with Crippen molar-refractivity contribution in [3.63, 3.8) is 0 Å². The van der Waals surface area contributed by atoms with E-state index in [0.29, 0.717) is 0 Å². The Balaban J connectivity index is 5.36. The lowest BCUT2D eigenvalue weighted by atomic mass is 9.64. The van der Waals surface area contributed by atoms with Gasteiger partial charge in [0.1, 0.15) is 11.6 Å². The molecule has 21 heavy (non-hydrogen) atoms. The number of Topliss-reactive ketones (excluding diaryl/α,β-unsaturated/α-hetero) is 2. The minimum absolute atomic E-state index is 0.111. The molecule has 0 aliphatic rings. The Kier molecular flexibility index (Phi) is 7.84. The lowest BCUT2D eigenvalue weighted by molar-refractivity contribution is -0.141. The van der Waals surface area contributed by atoms with Crippen molar-refractivity contribution in [3.05, 3.63) is 0 Å². The molecule has 0 amide bonds. The summed E-state index contributed by atoms with van der Waals surface area (Å²) < 4.78 is 0. The van der Waals surface area contributed by atoms with E-state index in [2.05, 4.69) is 55.4 Å². The van der Waals surface area contributed by atoms with Gasteiger partial charge in [-0.25, -0.2) is 0 Å². The molecule has 0 unspecified atom stereocenters. The van der Waals surface area contributed by atoms with Gasteiger partial charge in [-0.1, -0.05) is 55.4 Å². The van der Waals surface area contributed by atoms with Gasteiger partial charge in [-0.15, -0.1) is 0 Å². The van der Waals surface area contributed by atoms with Crippen LogP contribution in [0.25, 0.3) is 0 Å². The molecular formula is C19H36O2. The number of carbonyl (C=O) groups is 2. The van der Waals surface area contributed by atoms with Crippen molar-refractivity contribution < 1.29 is 9.59 Å². The minimum Gasteiger partial charge on any atom is -0.299 e. The van der Waals surface area contributed by atoms with Crippen LogP contribution in [0, 0.1) is 22.7 Å². The van der Waals surface area contributed by atoms with Crippen LogP contribution < -0.4 is 0 Å². The van der Waals surface area contributed by atoms with Crippen LogP contribution in [-0.4, -0.2) is 11.6 Å². The summed E-state index contributed by atoms with van der Waals surface area (Å²) in [5.41, 5.74) is -0.667. The van der Waals surface area contributed by atoms with E-state index in [1.807, 2.05) is 0 Å². The average Bonchev–Trinajstić information content (AvgIpc) is 2.41. The molecule has 2 heteroatoms. The van der Waals surface area contributed by atoms with Crippen LogP contribution >= 0.6 is 0 Å². The molecule has 0 aromatic rings. The van der Waals surface area contributed by atoms with Gasteiger partial charge in [-0.2, -0.15) is 0 Å². The quantitative estimate of drug-likeness (QED) is 0.503. The van der Waals surface area contributed by atoms with Crippen molar-refractivity contribution in [2.45, 2.75) is 87.5 Å². The molecule has 0 aliphatic carbocycles. The van der Waals surface area contributed by atoms with E-state index in [1.54, 1.807) is 0 Å². The van der Waals surface area contributed by atoms with E-state index in [0.717, 1.165) is 25.7 Å². The normalized spacial score (nSPS) is 13.0. The molecule has 0 radical (unpaired) electrons. The summed E-state index contributed by atoms with van der Waals surface area (Å²) >= 11 is 0. The van der Waals surface area contributed by atoms with Crippen molar-refractivity contribution in [2.24, 2.45) is 22.7 Å². The molecule has 0 saturated carbocycles. The van der Waals surface area contributed by atoms with E-state index < -0.39 is 0 Å². The highest BCUT2D eigenvalue weighted by Gasteiger charge is 2.43. The first-order valence-corrected chi connectivity index (χ1v) is 8.74. The van der Waals surface area contributed by atoms with Crippen molar-refractivity contribution in [1.82, 2.24) is 0 Å². The van der Waals surface area contributed by atoms with Crippen LogP contribution in [0.1, 0.15) is 87.5 Å². The molecule has 0 aromatic heterocycles. The third-order valence-corrected chi connectivity index (χ3v) is 6.17. The molecule has 0 aliphatic heterocycles. The van der Waals surface area contributed by atoms with Crippen LogP contribution in [0.2, 0.25) is 0 Å². The Morgan fingerprint density at radius 3 is 1.05 bits per heavy atom. The molecule has 0 N–H and O–H groups in total. The Labute approximate surface area is 132 Å². The third kappa shape index (κ3) is 3.76. The largest absolute Gasteiger partial charge is 0.299 e. The number of ketones is 2. The van der Waals surface area contributed by atoms with E-state index in [4.69, 9.17) is 0 Å². The molecule has 0 rings (SSSR count). The Hall–Kier alpha value is -0.660. The number of rotatable bonds is 10. The van der Waals surface area contributed by atoms with Crippen LogP contribution in [-0.2, 0) is 9.59 Å². The zero-order valence-electron chi connectivity index (χ0n) is 15.5. The summed E-state index contributed by atoms with van der Waals surface area (Å²) in [7, 11) is 0. The van der Waals surface area contributed by atoms with Gasteiger partial charge in [0.05, 0.1) is 6.42 Å². The van der Waals surface area contributed by atoms with Crippen LogP contribution in [0.5, 0.6) is 0 Å². The topological polar surface area (TPSA) is 34.1 Å². The molecule has 0 saturated heterocycles. The molecule has 0 heterocycles. The highest BCUT2D eigenvalue weighted by Crippen LogP contribution is 2.41. The van der Waals surface area contributed by atoms with Crippen LogP contribution in [0.15, 0.2) is 0 Å². The second-order valence-electron chi connectivity index (χ2n) is 7.06. The zero-order chi connectivity index (χ0) is 16.8. The summed E-state index contributed by atoms with van der Waals surface area (Å²) in [6, 6.07) is 0. The van der Waals surface area contributed by atoms with Gasteiger partial charge < -0.3 is 0 Å². The van der Waals surface area contributed by atoms with E-state index >= 15 is 0 Å². The first-order chi connectivity index (χ1) is 9.68. The standard InChI is InChI=1S/C19H36O2/c1-9-18(10-2,14(5)6)16(20)13-17(21)19(11-3,12-4)15(7)8/h14-15H,9-13H2,1-8H3. The second kappa shape index (κ2) is 8.10. The minimum atomic E-state index is -0.333. The lowest BCUT2D eigenvalue weighted by Gasteiger charge is -2.38. The first kappa shape index (κ1) is 20.3. The summed E-state index contributed by atoms with van der Waals surface area (Å²) in [5, 5.41) is 0. The number of carbonyl (C=O) groups excluding carboxylic acids is 2. The highest BCUT2D eigenvalue weighted by molar-refractivity contribution is 6.04. The average molecular weight is 296 g/mol. The molecule has 2 nitrogen and oxygen atoms in total. The molecular weight excluding hydrogens is 260 g/mol. The predicted octanol–water partition coefficient (Wildman–Crippen LogP) is 5.44. The predicted molar refractivity (Wildman–Crippen MR) is 90.3 cm³/mol. The van der Waals surface area contributed by atoms with Crippen LogP contribution in [0.3, 0.4) is 0 Å². The van der Waals surface area contributed by atoms with Gasteiger partial charge in [0, 0.05) is 10.8 Å². The number of hydrogen-bond donors (Lipinski definition) is 0. The molecule has 0 atom stereocenters. The summed E-state index contributed by atoms with van der Waals surface area (Å²) in [4.78, 5) is 25.7. The SMILES string of the molecule is CCC(CC)(C(=O)CC(=O)C(CC)(CC)C(C)C)C(C)C. The van der Waals surface area contributed by atoms with Crippen molar-refractivity contribution in [2.75, 3.05) is 0 Å². The Morgan fingerprint density at radius 1 is 0.667 bits per heavy atom. The molecule has 0 spiro atoms. The Morgan fingerprint density at radius 2 is 0.905 bits per heavy atom. The van der Waals surface area contributed by atoms with Crippen LogP contribution in [0.4, 0.5) is 0 Å². The van der Waals surface area contributed by atoms with Gasteiger partial charge in [0.2, 0.25) is 0 Å². The van der Waals surface area contributed by atoms with Crippen molar-refractivity contribution >= 4 is 11.6 Å². The van der Waals surface area contributed by atoms with Gasteiger partial charge in [0.15, 0.2) is 0 Å². The molecule has 0 fully saturated rings.